The average Bonchev–Trinajstić information content (AvgIpc) is 2.48. The first-order valence-corrected chi connectivity index (χ1v) is 6.87. The summed E-state index contributed by atoms with van der Waals surface area (Å²) < 4.78 is 4.84. The van der Waals surface area contributed by atoms with Crippen LogP contribution in [0.4, 0.5) is 0 Å². The number of nitrogens with zero attached hydrogens (tertiary/aromatic N) is 2. The predicted octanol–water partition coefficient (Wildman–Crippen LogP) is 3.30. The Kier molecular flexibility index (Phi) is 7.05. The number of ether oxygens (including phenoxy) is 1. The van der Waals surface area contributed by atoms with E-state index in [-0.39, 0.29) is 12.6 Å². The second-order valence-corrected chi connectivity index (χ2v) is 4.37. The first-order chi connectivity index (χ1) is 9.72. The van der Waals surface area contributed by atoms with Crippen LogP contribution in [0.2, 0.25) is 0 Å². The van der Waals surface area contributed by atoms with Crippen LogP contribution in [-0.2, 0) is 9.53 Å². The Bertz CT molecular complexity index is 477. The first-order valence-electron chi connectivity index (χ1n) is 6.87. The van der Waals surface area contributed by atoms with Crippen molar-refractivity contribution in [2.24, 2.45) is 10.9 Å². The van der Waals surface area contributed by atoms with E-state index in [1.165, 1.54) is 6.21 Å². The lowest BCUT2D eigenvalue weighted by Crippen LogP contribution is -2.17. The Hall–Kier alpha value is -2.15. The van der Waals surface area contributed by atoms with E-state index in [0.29, 0.717) is 0 Å². The van der Waals surface area contributed by atoms with E-state index in [1.807, 2.05) is 36.4 Å². The predicted molar refractivity (Wildman–Crippen MR) is 78.3 cm³/mol. The number of nitriles is 1. The van der Waals surface area contributed by atoms with Crippen molar-refractivity contribution in [2.75, 3.05) is 6.61 Å². The summed E-state index contributed by atoms with van der Waals surface area (Å²) in [5.74, 6) is -1.47. The van der Waals surface area contributed by atoms with E-state index in [2.05, 4.69) is 11.9 Å². The number of benzene rings is 1. The number of carbonyl (C=O) groups excluding carboxylic acids is 1. The van der Waals surface area contributed by atoms with Crippen LogP contribution in [0.5, 0.6) is 0 Å². The lowest BCUT2D eigenvalue weighted by molar-refractivity contribution is -0.143. The highest BCUT2D eigenvalue weighted by molar-refractivity contribution is 5.92. The quantitative estimate of drug-likeness (QED) is 0.565. The molecule has 0 N–H and O–H groups in total. The Balaban J connectivity index is 2.81. The van der Waals surface area contributed by atoms with E-state index in [0.717, 1.165) is 18.4 Å². The van der Waals surface area contributed by atoms with Crippen molar-refractivity contribution in [3.8, 4) is 6.07 Å². The zero-order chi connectivity index (χ0) is 14.8. The molecule has 1 aromatic rings. The Morgan fingerprint density at radius 3 is 2.65 bits per heavy atom. The highest BCUT2D eigenvalue weighted by Crippen LogP contribution is 2.22. The third kappa shape index (κ3) is 4.85. The molecule has 0 aliphatic heterocycles. The smallest absolute Gasteiger partial charge is 0.328 e. The van der Waals surface area contributed by atoms with Crippen LogP contribution in [0.1, 0.15) is 38.3 Å². The average molecular weight is 272 g/mol. The van der Waals surface area contributed by atoms with Gasteiger partial charge in [0, 0.05) is 6.21 Å². The van der Waals surface area contributed by atoms with Crippen molar-refractivity contribution in [1.82, 2.24) is 0 Å². The van der Waals surface area contributed by atoms with E-state index < -0.39 is 11.9 Å². The van der Waals surface area contributed by atoms with Crippen LogP contribution in [-0.4, -0.2) is 18.8 Å². The minimum absolute atomic E-state index is 0.0218. The van der Waals surface area contributed by atoms with Gasteiger partial charge in [-0.2, -0.15) is 5.26 Å². The number of aliphatic imine (C=N–C) groups is 1. The minimum atomic E-state index is -0.932. The Morgan fingerprint density at radius 1 is 1.40 bits per heavy atom. The molecule has 20 heavy (non-hydrogen) atoms. The third-order valence-electron chi connectivity index (χ3n) is 2.84. The van der Waals surface area contributed by atoms with Gasteiger partial charge in [-0.3, -0.25) is 9.79 Å². The van der Waals surface area contributed by atoms with Crippen molar-refractivity contribution < 1.29 is 9.53 Å². The summed E-state index contributed by atoms with van der Waals surface area (Å²) in [7, 11) is 0. The summed E-state index contributed by atoms with van der Waals surface area (Å²) in [6.07, 6.45) is 3.26. The van der Waals surface area contributed by atoms with Gasteiger partial charge in [0.25, 0.3) is 0 Å². The minimum Gasteiger partial charge on any atom is -0.465 e. The van der Waals surface area contributed by atoms with Crippen LogP contribution < -0.4 is 0 Å². The van der Waals surface area contributed by atoms with Crippen molar-refractivity contribution >= 4 is 12.2 Å². The maximum absolute atomic E-state index is 11.5. The number of hydrogen-bond donors (Lipinski definition) is 0. The molecule has 0 saturated carbocycles. The molecule has 4 heteroatoms. The Labute approximate surface area is 120 Å². The van der Waals surface area contributed by atoms with E-state index >= 15 is 0 Å². The van der Waals surface area contributed by atoms with E-state index in [9.17, 15) is 4.79 Å². The topological polar surface area (TPSA) is 62.5 Å². The van der Waals surface area contributed by atoms with Crippen LogP contribution in [0.25, 0.3) is 0 Å². The Morgan fingerprint density at radius 2 is 2.10 bits per heavy atom. The molecule has 4 nitrogen and oxygen atoms in total. The molecule has 0 heterocycles. The van der Waals surface area contributed by atoms with Gasteiger partial charge in [0.1, 0.15) is 0 Å². The largest absolute Gasteiger partial charge is 0.465 e. The van der Waals surface area contributed by atoms with E-state index in [1.54, 1.807) is 6.92 Å². The fourth-order valence-electron chi connectivity index (χ4n) is 1.84. The molecule has 2 atom stereocenters. The summed E-state index contributed by atoms with van der Waals surface area (Å²) in [5.41, 5.74) is 1.09. The van der Waals surface area contributed by atoms with Crippen molar-refractivity contribution in [3.05, 3.63) is 35.9 Å². The molecule has 0 fully saturated rings. The fraction of sp³-hybridized carbons (Fsp3) is 0.438. The molecule has 0 spiro atoms. The summed E-state index contributed by atoms with van der Waals surface area (Å²) in [6, 6.07) is 11.8. The zero-order valence-corrected chi connectivity index (χ0v) is 12.0. The van der Waals surface area contributed by atoms with Gasteiger partial charge in [0.15, 0.2) is 5.92 Å². The lowest BCUT2D eigenvalue weighted by atomic mass is 10.0. The molecule has 1 aromatic carbocycles. The monoisotopic (exact) mass is 272 g/mol. The number of rotatable bonds is 7. The summed E-state index contributed by atoms with van der Waals surface area (Å²) in [6.45, 7) is 4.06. The molecule has 0 saturated heterocycles. The highest BCUT2D eigenvalue weighted by atomic mass is 16.5. The maximum atomic E-state index is 11.5. The second-order valence-electron chi connectivity index (χ2n) is 4.37. The van der Waals surface area contributed by atoms with Gasteiger partial charge in [-0.1, -0.05) is 43.7 Å². The van der Waals surface area contributed by atoms with Gasteiger partial charge in [0.05, 0.1) is 18.7 Å². The van der Waals surface area contributed by atoms with Gasteiger partial charge >= 0.3 is 5.97 Å². The molecule has 1 unspecified atom stereocenters. The normalized spacial score (nSPS) is 13.7. The number of hydrogen-bond acceptors (Lipinski definition) is 4. The molecular formula is C16H20N2O2. The van der Waals surface area contributed by atoms with Gasteiger partial charge in [-0.05, 0) is 18.9 Å². The fourth-order valence-corrected chi connectivity index (χ4v) is 1.84. The molecule has 0 amide bonds. The van der Waals surface area contributed by atoms with Crippen molar-refractivity contribution in [2.45, 2.75) is 32.7 Å². The number of carbonyl (C=O) groups is 1. The summed E-state index contributed by atoms with van der Waals surface area (Å²) in [5, 5.41) is 8.99. The molecule has 0 radical (unpaired) electrons. The van der Waals surface area contributed by atoms with E-state index in [4.69, 9.17) is 10.00 Å². The molecule has 0 bridgehead atoms. The van der Waals surface area contributed by atoms with Crippen LogP contribution in [0.15, 0.2) is 35.3 Å². The van der Waals surface area contributed by atoms with Gasteiger partial charge < -0.3 is 4.74 Å². The van der Waals surface area contributed by atoms with Gasteiger partial charge in [-0.15, -0.1) is 0 Å². The lowest BCUT2D eigenvalue weighted by Gasteiger charge is -2.12. The molecular weight excluding hydrogens is 252 g/mol. The SMILES string of the molecule is CCC[C@@H](N=CC(C#N)C(=O)OCC)c1ccccc1. The van der Waals surface area contributed by atoms with Crippen LogP contribution in [0.3, 0.4) is 0 Å². The number of esters is 1. The van der Waals surface area contributed by atoms with Crippen LogP contribution in [0, 0.1) is 17.2 Å². The van der Waals surface area contributed by atoms with Crippen molar-refractivity contribution in [1.29, 1.82) is 5.26 Å². The molecule has 1 rings (SSSR count). The molecule has 0 aliphatic rings. The zero-order valence-electron chi connectivity index (χ0n) is 12.0. The van der Waals surface area contributed by atoms with Crippen LogP contribution >= 0.6 is 0 Å². The third-order valence-corrected chi connectivity index (χ3v) is 2.84. The van der Waals surface area contributed by atoms with Crippen molar-refractivity contribution in [3.63, 3.8) is 0 Å². The summed E-state index contributed by atoms with van der Waals surface area (Å²) in [4.78, 5) is 16.0. The standard InChI is InChI=1S/C16H20N2O2/c1-3-8-15(13-9-6-5-7-10-13)18-12-14(11-17)16(19)20-4-2/h5-7,9-10,12,14-15H,3-4,8H2,1-2H3/t14?,15-/m1/s1. The van der Waals surface area contributed by atoms with Gasteiger partial charge in [0.2, 0.25) is 0 Å². The molecule has 0 aromatic heterocycles. The highest BCUT2D eigenvalue weighted by Gasteiger charge is 2.17. The molecule has 106 valence electrons. The van der Waals surface area contributed by atoms with Gasteiger partial charge in [-0.25, -0.2) is 0 Å². The summed E-state index contributed by atoms with van der Waals surface area (Å²) >= 11 is 0. The first kappa shape index (κ1) is 15.9. The second kappa shape index (κ2) is 8.87. The molecule has 0 aliphatic carbocycles. The maximum Gasteiger partial charge on any atom is 0.328 e.